The lowest BCUT2D eigenvalue weighted by molar-refractivity contribution is 0.0375. The lowest BCUT2D eigenvalue weighted by Gasteiger charge is -2.26. The third kappa shape index (κ3) is 10.2. The average molecular weight is 302 g/mol. The molecule has 126 valence electrons. The highest BCUT2D eigenvalue weighted by molar-refractivity contribution is 4.62. The minimum Gasteiger partial charge on any atom is -0.379 e. The molecule has 2 heterocycles. The van der Waals surface area contributed by atoms with Crippen LogP contribution < -0.4 is 10.6 Å². The van der Waals surface area contributed by atoms with Crippen LogP contribution >= 0.6 is 0 Å². The Morgan fingerprint density at radius 3 is 1.67 bits per heavy atom. The molecule has 6 nitrogen and oxygen atoms in total. The molecule has 0 bridgehead atoms. The fourth-order valence-corrected chi connectivity index (χ4v) is 2.40. The van der Waals surface area contributed by atoms with Gasteiger partial charge in [-0.25, -0.2) is 0 Å². The Hall–Kier alpha value is -0.240. The fourth-order valence-electron chi connectivity index (χ4n) is 2.40. The quantitative estimate of drug-likeness (QED) is 0.617. The van der Waals surface area contributed by atoms with E-state index in [0.717, 1.165) is 72.2 Å². The van der Waals surface area contributed by atoms with Gasteiger partial charge in [0, 0.05) is 39.3 Å². The molecule has 2 fully saturated rings. The molecule has 0 aromatic rings. The van der Waals surface area contributed by atoms with Crippen molar-refractivity contribution in [2.24, 2.45) is 0 Å². The highest BCUT2D eigenvalue weighted by Crippen LogP contribution is 1.96. The van der Waals surface area contributed by atoms with Crippen molar-refractivity contribution >= 4 is 0 Å². The van der Waals surface area contributed by atoms with E-state index in [0.29, 0.717) is 0 Å². The topological polar surface area (TPSA) is 49.0 Å². The van der Waals surface area contributed by atoms with E-state index in [2.05, 4.69) is 20.4 Å². The fraction of sp³-hybridized carbons (Fsp3) is 1.00. The largest absolute Gasteiger partial charge is 0.379 e. The van der Waals surface area contributed by atoms with Gasteiger partial charge in [-0.15, -0.1) is 0 Å². The second-order valence-electron chi connectivity index (χ2n) is 5.47. The van der Waals surface area contributed by atoms with E-state index in [9.17, 15) is 0 Å². The molecule has 0 radical (unpaired) electrons. The van der Waals surface area contributed by atoms with Crippen LogP contribution in [0.5, 0.6) is 0 Å². The van der Waals surface area contributed by atoms with Crippen LogP contribution in [-0.2, 0) is 9.47 Å². The summed E-state index contributed by atoms with van der Waals surface area (Å²) in [6.45, 7) is 12.6. The molecule has 2 saturated heterocycles. The van der Waals surface area contributed by atoms with Gasteiger partial charge < -0.3 is 20.1 Å². The Balaban J connectivity index is 0.000000211. The molecule has 0 aromatic heterocycles. The van der Waals surface area contributed by atoms with Crippen molar-refractivity contribution in [2.75, 3.05) is 92.9 Å². The van der Waals surface area contributed by atoms with Gasteiger partial charge in [0.15, 0.2) is 0 Å². The summed E-state index contributed by atoms with van der Waals surface area (Å²) in [5.41, 5.74) is 0. The SMILES string of the molecule is CNCCCN1CCOCC1.CNCCN1CCOCC1. The maximum absolute atomic E-state index is 5.25. The Morgan fingerprint density at radius 2 is 1.19 bits per heavy atom. The molecule has 0 atom stereocenters. The van der Waals surface area contributed by atoms with Crippen molar-refractivity contribution in [1.82, 2.24) is 20.4 Å². The van der Waals surface area contributed by atoms with Gasteiger partial charge in [0.05, 0.1) is 26.4 Å². The molecule has 2 aliphatic rings. The third-order valence-corrected chi connectivity index (χ3v) is 3.79. The second kappa shape index (κ2) is 13.4. The smallest absolute Gasteiger partial charge is 0.0594 e. The van der Waals surface area contributed by atoms with Crippen molar-refractivity contribution in [3.8, 4) is 0 Å². The third-order valence-electron chi connectivity index (χ3n) is 3.79. The number of morpholine rings is 2. The first-order valence-corrected chi connectivity index (χ1v) is 8.26. The molecule has 21 heavy (non-hydrogen) atoms. The zero-order valence-electron chi connectivity index (χ0n) is 13.9. The predicted octanol–water partition coefficient (Wildman–Crippen LogP) is -0.534. The molecule has 6 heteroatoms. The van der Waals surface area contributed by atoms with Crippen molar-refractivity contribution in [3.05, 3.63) is 0 Å². The molecule has 0 aliphatic carbocycles. The standard InChI is InChI=1S/C8H18N2O.C7H16N2O/c1-9-3-2-4-10-5-7-11-8-6-10;1-8-2-3-9-4-6-10-7-5-9/h9H,2-8H2,1H3;8H,2-7H2,1H3. The van der Waals surface area contributed by atoms with Crippen molar-refractivity contribution in [3.63, 3.8) is 0 Å². The van der Waals surface area contributed by atoms with Crippen LogP contribution in [0.3, 0.4) is 0 Å². The number of ether oxygens (including phenoxy) is 2. The van der Waals surface area contributed by atoms with Gasteiger partial charge in [0.2, 0.25) is 0 Å². The zero-order valence-corrected chi connectivity index (χ0v) is 13.9. The van der Waals surface area contributed by atoms with Crippen LogP contribution in [0.25, 0.3) is 0 Å². The van der Waals surface area contributed by atoms with Crippen LogP contribution in [0.1, 0.15) is 6.42 Å². The van der Waals surface area contributed by atoms with E-state index in [1.54, 1.807) is 0 Å². The normalized spacial score (nSPS) is 20.9. The van der Waals surface area contributed by atoms with Crippen molar-refractivity contribution < 1.29 is 9.47 Å². The molecule has 2 N–H and O–H groups in total. The summed E-state index contributed by atoms with van der Waals surface area (Å²) in [6.07, 6.45) is 1.25. The summed E-state index contributed by atoms with van der Waals surface area (Å²) in [4.78, 5) is 4.88. The van der Waals surface area contributed by atoms with E-state index in [4.69, 9.17) is 9.47 Å². The van der Waals surface area contributed by atoms with E-state index >= 15 is 0 Å². The minimum atomic E-state index is 0.906. The molecule has 0 saturated carbocycles. The Kier molecular flexibility index (Phi) is 12.0. The van der Waals surface area contributed by atoms with Gasteiger partial charge in [-0.1, -0.05) is 0 Å². The first-order chi connectivity index (χ1) is 10.4. The molecule has 0 aromatic carbocycles. The number of nitrogens with one attached hydrogen (secondary N) is 2. The average Bonchev–Trinajstić information content (AvgIpc) is 2.56. The molecule has 2 aliphatic heterocycles. The summed E-state index contributed by atoms with van der Waals surface area (Å²) in [5.74, 6) is 0. The van der Waals surface area contributed by atoms with Gasteiger partial charge in [0.25, 0.3) is 0 Å². The monoisotopic (exact) mass is 302 g/mol. The number of hydrogen-bond donors (Lipinski definition) is 2. The van der Waals surface area contributed by atoms with E-state index in [1.165, 1.54) is 13.0 Å². The van der Waals surface area contributed by atoms with Crippen molar-refractivity contribution in [2.45, 2.75) is 6.42 Å². The molecule has 0 spiro atoms. The van der Waals surface area contributed by atoms with E-state index in [1.807, 2.05) is 14.1 Å². The zero-order chi connectivity index (χ0) is 15.2. The maximum Gasteiger partial charge on any atom is 0.0594 e. The number of nitrogens with zero attached hydrogens (tertiary/aromatic N) is 2. The van der Waals surface area contributed by atoms with Crippen LogP contribution in [0.4, 0.5) is 0 Å². The van der Waals surface area contributed by atoms with Crippen LogP contribution in [0.2, 0.25) is 0 Å². The van der Waals surface area contributed by atoms with Crippen LogP contribution in [0, 0.1) is 0 Å². The Labute approximate surface area is 130 Å². The van der Waals surface area contributed by atoms with Crippen LogP contribution in [-0.4, -0.2) is 103 Å². The van der Waals surface area contributed by atoms with E-state index < -0.39 is 0 Å². The van der Waals surface area contributed by atoms with Crippen LogP contribution in [0.15, 0.2) is 0 Å². The van der Waals surface area contributed by atoms with Gasteiger partial charge in [-0.05, 0) is 33.6 Å². The summed E-state index contributed by atoms with van der Waals surface area (Å²) < 4.78 is 10.5. The van der Waals surface area contributed by atoms with E-state index in [-0.39, 0.29) is 0 Å². The lowest BCUT2D eigenvalue weighted by Crippen LogP contribution is -2.39. The summed E-state index contributed by atoms with van der Waals surface area (Å²) >= 11 is 0. The highest BCUT2D eigenvalue weighted by Gasteiger charge is 2.08. The number of rotatable bonds is 7. The maximum atomic E-state index is 5.25. The first-order valence-electron chi connectivity index (χ1n) is 8.26. The van der Waals surface area contributed by atoms with Crippen molar-refractivity contribution in [1.29, 1.82) is 0 Å². The number of hydrogen-bond acceptors (Lipinski definition) is 6. The van der Waals surface area contributed by atoms with Gasteiger partial charge >= 0.3 is 0 Å². The first kappa shape index (κ1) is 18.8. The minimum absolute atomic E-state index is 0.906. The summed E-state index contributed by atoms with van der Waals surface area (Å²) in [7, 11) is 3.99. The van der Waals surface area contributed by atoms with Gasteiger partial charge in [0.1, 0.15) is 0 Å². The second-order valence-corrected chi connectivity index (χ2v) is 5.47. The molecule has 0 amide bonds. The number of likely N-dealkylation sites (N-methyl/N-ethyl adjacent to an activating group) is 1. The molecule has 2 rings (SSSR count). The summed E-state index contributed by atoms with van der Waals surface area (Å²) in [5, 5.41) is 6.28. The highest BCUT2D eigenvalue weighted by atomic mass is 16.5. The van der Waals surface area contributed by atoms with Gasteiger partial charge in [-0.2, -0.15) is 0 Å². The molecular weight excluding hydrogens is 268 g/mol. The predicted molar refractivity (Wildman–Crippen MR) is 87.0 cm³/mol. The molecular formula is C15H34N4O2. The van der Waals surface area contributed by atoms with Gasteiger partial charge in [-0.3, -0.25) is 9.80 Å². The summed E-state index contributed by atoms with van der Waals surface area (Å²) in [6, 6.07) is 0. The Bertz CT molecular complexity index is 220. The molecule has 0 unspecified atom stereocenters. The Morgan fingerprint density at radius 1 is 0.714 bits per heavy atom. The lowest BCUT2D eigenvalue weighted by atomic mass is 10.3.